The smallest absolute Gasteiger partial charge is 0.247 e. The van der Waals surface area contributed by atoms with Gasteiger partial charge in [-0.25, -0.2) is 0 Å². The topological polar surface area (TPSA) is 97.0 Å². The fourth-order valence-electron chi connectivity index (χ4n) is 3.96. The normalized spacial score (nSPS) is 20.1. The van der Waals surface area contributed by atoms with Crippen LogP contribution < -0.4 is 20.1 Å². The zero-order chi connectivity index (χ0) is 21.4. The molecule has 31 heavy (non-hydrogen) atoms. The number of amides is 3. The number of thioether (sulfide) groups is 1. The zero-order valence-electron chi connectivity index (χ0n) is 16.6. The number of rotatable bonds is 3. The first kappa shape index (κ1) is 19.7. The lowest BCUT2D eigenvalue weighted by Crippen LogP contribution is -2.48. The first-order valence-electron chi connectivity index (χ1n) is 10.1. The van der Waals surface area contributed by atoms with Gasteiger partial charge in [-0.05, 0) is 37.1 Å². The highest BCUT2D eigenvalue weighted by Crippen LogP contribution is 2.37. The second-order valence-corrected chi connectivity index (χ2v) is 8.79. The van der Waals surface area contributed by atoms with Crippen molar-refractivity contribution in [2.24, 2.45) is 5.92 Å². The summed E-state index contributed by atoms with van der Waals surface area (Å²) in [6, 6.07) is 12.7. The quantitative estimate of drug-likeness (QED) is 0.714. The molecule has 2 aromatic carbocycles. The molecule has 0 radical (unpaired) electrons. The molecule has 1 saturated heterocycles. The number of nitrogens with zero attached hydrogens (tertiary/aromatic N) is 1. The van der Waals surface area contributed by atoms with E-state index in [1.54, 1.807) is 23.1 Å². The Morgan fingerprint density at radius 1 is 1.06 bits per heavy atom. The molecular weight excluding hydrogens is 418 g/mol. The van der Waals surface area contributed by atoms with Crippen LogP contribution >= 0.6 is 11.8 Å². The molecular formula is C22H21N3O5S. The van der Waals surface area contributed by atoms with Crippen molar-refractivity contribution in [2.75, 3.05) is 30.5 Å². The summed E-state index contributed by atoms with van der Waals surface area (Å²) in [5.74, 6) is 0.510. The molecule has 8 nitrogen and oxygen atoms in total. The third kappa shape index (κ3) is 3.93. The van der Waals surface area contributed by atoms with Crippen molar-refractivity contribution in [1.82, 2.24) is 4.90 Å². The van der Waals surface area contributed by atoms with Crippen molar-refractivity contribution in [3.8, 4) is 11.5 Å². The summed E-state index contributed by atoms with van der Waals surface area (Å²) in [4.78, 5) is 40.7. The molecule has 3 aliphatic rings. The van der Waals surface area contributed by atoms with E-state index in [1.165, 1.54) is 11.8 Å². The Balaban J connectivity index is 1.17. The molecule has 0 aromatic heterocycles. The number of hydrogen-bond acceptors (Lipinski definition) is 6. The molecule has 0 unspecified atom stereocenters. The van der Waals surface area contributed by atoms with Gasteiger partial charge in [-0.15, -0.1) is 11.8 Å². The number of hydrogen-bond donors (Lipinski definition) is 2. The van der Waals surface area contributed by atoms with Gasteiger partial charge in [-0.1, -0.05) is 12.1 Å². The second kappa shape index (κ2) is 8.14. The number of carbonyl (C=O) groups excluding carboxylic acids is 3. The third-order valence-electron chi connectivity index (χ3n) is 5.67. The van der Waals surface area contributed by atoms with Crippen LogP contribution in [0, 0.1) is 5.92 Å². The maximum absolute atomic E-state index is 13.0. The standard InChI is InChI=1S/C22H21N3O5S/c26-20(23-14-5-6-16-17(11-14)30-12-29-16)13-7-9-25(10-8-13)22(28)19-21(27)24-15-3-1-2-4-18(15)31-19/h1-6,11,13,19H,7-10,12H2,(H,23,26)(H,24,27)/t19-/m0/s1. The summed E-state index contributed by atoms with van der Waals surface area (Å²) in [5, 5.41) is 4.93. The molecule has 0 bridgehead atoms. The first-order chi connectivity index (χ1) is 15.1. The SMILES string of the molecule is O=C(Nc1ccc2c(c1)OCO2)C1CCN(C(=O)[C@H]2Sc3ccccc3NC2=O)CC1. The molecule has 9 heteroatoms. The van der Waals surface area contributed by atoms with E-state index < -0.39 is 5.25 Å². The lowest BCUT2D eigenvalue weighted by molar-refractivity contribution is -0.136. The number of nitrogens with one attached hydrogen (secondary N) is 2. The van der Waals surface area contributed by atoms with Gasteiger partial charge in [0.25, 0.3) is 0 Å². The minimum Gasteiger partial charge on any atom is -0.454 e. The van der Waals surface area contributed by atoms with E-state index in [0.29, 0.717) is 43.1 Å². The third-order valence-corrected chi connectivity index (χ3v) is 6.93. The predicted octanol–water partition coefficient (Wildman–Crippen LogP) is 2.71. The number of fused-ring (bicyclic) bond motifs is 2. The largest absolute Gasteiger partial charge is 0.454 e. The van der Waals surface area contributed by atoms with Crippen LogP contribution in [0.3, 0.4) is 0 Å². The molecule has 0 spiro atoms. The van der Waals surface area contributed by atoms with E-state index in [-0.39, 0.29) is 30.4 Å². The first-order valence-corrected chi connectivity index (χ1v) is 11.0. The van der Waals surface area contributed by atoms with Crippen molar-refractivity contribution in [2.45, 2.75) is 23.0 Å². The van der Waals surface area contributed by atoms with Gasteiger partial charge in [0.15, 0.2) is 16.7 Å². The summed E-state index contributed by atoms with van der Waals surface area (Å²) in [5.41, 5.74) is 1.39. The van der Waals surface area contributed by atoms with Gasteiger partial charge < -0.3 is 25.0 Å². The zero-order valence-corrected chi connectivity index (χ0v) is 17.4. The van der Waals surface area contributed by atoms with E-state index in [2.05, 4.69) is 10.6 Å². The van der Waals surface area contributed by atoms with Gasteiger partial charge in [0.1, 0.15) is 0 Å². The highest BCUT2D eigenvalue weighted by atomic mass is 32.2. The summed E-state index contributed by atoms with van der Waals surface area (Å²) in [6.45, 7) is 1.08. The van der Waals surface area contributed by atoms with Crippen molar-refractivity contribution < 1.29 is 23.9 Å². The minimum atomic E-state index is -0.797. The number of carbonyl (C=O) groups is 3. The van der Waals surface area contributed by atoms with E-state index in [9.17, 15) is 14.4 Å². The predicted molar refractivity (Wildman–Crippen MR) is 115 cm³/mol. The Hall–Kier alpha value is -3.20. The van der Waals surface area contributed by atoms with Crippen molar-refractivity contribution in [3.63, 3.8) is 0 Å². The van der Waals surface area contributed by atoms with Crippen LogP contribution in [0.15, 0.2) is 47.4 Å². The molecule has 2 aromatic rings. The van der Waals surface area contributed by atoms with Crippen molar-refractivity contribution >= 4 is 40.9 Å². The van der Waals surface area contributed by atoms with Gasteiger partial charge >= 0.3 is 0 Å². The van der Waals surface area contributed by atoms with Crippen molar-refractivity contribution in [1.29, 1.82) is 0 Å². The van der Waals surface area contributed by atoms with E-state index in [0.717, 1.165) is 10.6 Å². The maximum Gasteiger partial charge on any atom is 0.247 e. The number of para-hydroxylation sites is 1. The Morgan fingerprint density at radius 2 is 1.84 bits per heavy atom. The monoisotopic (exact) mass is 439 g/mol. The molecule has 5 rings (SSSR count). The summed E-state index contributed by atoms with van der Waals surface area (Å²) < 4.78 is 10.6. The Kier molecular flexibility index (Phi) is 5.19. The van der Waals surface area contributed by atoms with E-state index >= 15 is 0 Å². The minimum absolute atomic E-state index is 0.0790. The van der Waals surface area contributed by atoms with Gasteiger partial charge in [0.05, 0.1) is 5.69 Å². The van der Waals surface area contributed by atoms with Crippen LogP contribution in [0.25, 0.3) is 0 Å². The summed E-state index contributed by atoms with van der Waals surface area (Å²) in [6.07, 6.45) is 1.11. The Labute approximate surface area is 183 Å². The van der Waals surface area contributed by atoms with Crippen LogP contribution in [-0.2, 0) is 14.4 Å². The fourth-order valence-corrected chi connectivity index (χ4v) is 5.03. The molecule has 1 fully saturated rings. The summed E-state index contributed by atoms with van der Waals surface area (Å²) >= 11 is 1.28. The lowest BCUT2D eigenvalue weighted by atomic mass is 9.95. The van der Waals surface area contributed by atoms with E-state index in [4.69, 9.17) is 9.47 Å². The van der Waals surface area contributed by atoms with Crippen LogP contribution in [0.1, 0.15) is 12.8 Å². The molecule has 2 N–H and O–H groups in total. The van der Waals surface area contributed by atoms with Crippen LogP contribution in [0.2, 0.25) is 0 Å². The van der Waals surface area contributed by atoms with Gasteiger partial charge in [-0.2, -0.15) is 0 Å². The average Bonchev–Trinajstić information content (AvgIpc) is 3.26. The van der Waals surface area contributed by atoms with Crippen LogP contribution in [-0.4, -0.2) is 47.8 Å². The maximum atomic E-state index is 13.0. The number of benzene rings is 2. The molecule has 1 atom stereocenters. The molecule has 3 amide bonds. The fraction of sp³-hybridized carbons (Fsp3) is 0.318. The molecule has 3 heterocycles. The van der Waals surface area contributed by atoms with Crippen molar-refractivity contribution in [3.05, 3.63) is 42.5 Å². The molecule has 160 valence electrons. The molecule has 0 saturated carbocycles. The number of ether oxygens (including phenoxy) is 2. The van der Waals surface area contributed by atoms with Gasteiger partial charge in [0, 0.05) is 35.7 Å². The van der Waals surface area contributed by atoms with E-state index in [1.807, 2.05) is 24.3 Å². The molecule has 3 aliphatic heterocycles. The summed E-state index contributed by atoms with van der Waals surface area (Å²) in [7, 11) is 0. The van der Waals surface area contributed by atoms with Gasteiger partial charge in [-0.3, -0.25) is 14.4 Å². The number of likely N-dealkylation sites (tertiary alicyclic amines) is 1. The van der Waals surface area contributed by atoms with Crippen LogP contribution in [0.5, 0.6) is 11.5 Å². The number of anilines is 2. The number of piperidine rings is 1. The highest BCUT2D eigenvalue weighted by Gasteiger charge is 2.37. The lowest BCUT2D eigenvalue weighted by Gasteiger charge is -2.34. The average molecular weight is 439 g/mol. The Morgan fingerprint density at radius 3 is 2.68 bits per heavy atom. The van der Waals surface area contributed by atoms with Gasteiger partial charge in [0.2, 0.25) is 24.5 Å². The highest BCUT2D eigenvalue weighted by molar-refractivity contribution is 8.01. The Bertz CT molecular complexity index is 1050. The molecule has 0 aliphatic carbocycles. The van der Waals surface area contributed by atoms with Crippen LogP contribution in [0.4, 0.5) is 11.4 Å². The second-order valence-electron chi connectivity index (χ2n) is 7.64.